The fraction of sp³-hybridized carbons (Fsp3) is 0.444. The fourth-order valence-electron chi connectivity index (χ4n) is 5.09. The number of nitrogens with zero attached hydrogens (tertiary/aromatic N) is 2. The molecule has 0 saturated carbocycles. The quantitative estimate of drug-likeness (QED) is 0.660. The van der Waals surface area contributed by atoms with Crippen LogP contribution < -0.4 is 19.5 Å². The minimum atomic E-state index is -0.984. The highest BCUT2D eigenvalue weighted by atomic mass is 16.7. The molecule has 0 radical (unpaired) electrons. The Balaban J connectivity index is 1.36. The number of hydrogen-bond donors (Lipinski definition) is 1. The average molecular weight is 510 g/mol. The predicted molar refractivity (Wildman–Crippen MR) is 133 cm³/mol. The lowest BCUT2D eigenvalue weighted by Gasteiger charge is -2.44. The highest BCUT2D eigenvalue weighted by molar-refractivity contribution is 5.99. The maximum absolute atomic E-state index is 13.8. The molecule has 0 bridgehead atoms. The van der Waals surface area contributed by atoms with E-state index in [4.69, 9.17) is 18.9 Å². The maximum atomic E-state index is 13.8. The van der Waals surface area contributed by atoms with E-state index in [1.807, 2.05) is 13.8 Å². The lowest BCUT2D eigenvalue weighted by Crippen LogP contribution is -2.60. The highest BCUT2D eigenvalue weighted by Crippen LogP contribution is 2.39. The van der Waals surface area contributed by atoms with Crippen molar-refractivity contribution in [1.82, 2.24) is 15.1 Å². The van der Waals surface area contributed by atoms with Crippen molar-refractivity contribution < 1.29 is 33.3 Å². The van der Waals surface area contributed by atoms with Crippen LogP contribution in [0.3, 0.4) is 0 Å². The zero-order chi connectivity index (χ0) is 26.2. The summed E-state index contributed by atoms with van der Waals surface area (Å²) < 4.78 is 22.2. The Morgan fingerprint density at radius 1 is 0.973 bits per heavy atom. The SMILES string of the molecule is COc1ccc(C(=O)N2[C@H](C(=O)NC(C)C)COC23CCN(C(=O)c2ccc4c(c2)OCO4)CC3)cc1. The largest absolute Gasteiger partial charge is 0.497 e. The summed E-state index contributed by atoms with van der Waals surface area (Å²) in [4.78, 5) is 43.4. The van der Waals surface area contributed by atoms with Gasteiger partial charge in [0.25, 0.3) is 11.8 Å². The second-order valence-corrected chi connectivity index (χ2v) is 9.70. The number of rotatable bonds is 5. The number of fused-ring (bicyclic) bond motifs is 1. The van der Waals surface area contributed by atoms with Crippen LogP contribution in [-0.2, 0) is 9.53 Å². The van der Waals surface area contributed by atoms with Crippen molar-refractivity contribution in [2.75, 3.05) is 33.6 Å². The van der Waals surface area contributed by atoms with Crippen molar-refractivity contribution >= 4 is 17.7 Å². The van der Waals surface area contributed by atoms with Gasteiger partial charge in [0.15, 0.2) is 11.5 Å². The third-order valence-electron chi connectivity index (χ3n) is 7.00. The second kappa shape index (κ2) is 9.93. The van der Waals surface area contributed by atoms with Gasteiger partial charge >= 0.3 is 0 Å². The van der Waals surface area contributed by atoms with Crippen molar-refractivity contribution in [3.63, 3.8) is 0 Å². The molecule has 1 spiro atoms. The van der Waals surface area contributed by atoms with Crippen molar-refractivity contribution in [3.05, 3.63) is 53.6 Å². The first-order valence-corrected chi connectivity index (χ1v) is 12.4. The molecule has 3 aliphatic heterocycles. The molecule has 37 heavy (non-hydrogen) atoms. The van der Waals surface area contributed by atoms with Gasteiger partial charge in [0, 0.05) is 43.1 Å². The van der Waals surface area contributed by atoms with E-state index in [-0.39, 0.29) is 37.2 Å². The topological polar surface area (TPSA) is 107 Å². The van der Waals surface area contributed by atoms with Crippen molar-refractivity contribution in [1.29, 1.82) is 0 Å². The van der Waals surface area contributed by atoms with Crippen LogP contribution in [0.25, 0.3) is 0 Å². The maximum Gasteiger partial charge on any atom is 0.256 e. The molecule has 2 saturated heterocycles. The van der Waals surface area contributed by atoms with Gasteiger partial charge in [0.1, 0.15) is 17.5 Å². The van der Waals surface area contributed by atoms with Gasteiger partial charge in [-0.3, -0.25) is 19.3 Å². The number of methoxy groups -OCH3 is 1. The van der Waals surface area contributed by atoms with Crippen molar-refractivity contribution in [3.8, 4) is 17.2 Å². The molecular formula is C27H31N3O7. The second-order valence-electron chi connectivity index (χ2n) is 9.70. The van der Waals surface area contributed by atoms with E-state index in [9.17, 15) is 14.4 Å². The standard InChI is InChI=1S/C27H31N3O7/c1-17(2)28-24(31)21-15-37-27(30(21)26(33)18-4-7-20(34-3)8-5-18)10-12-29(13-11-27)25(32)19-6-9-22-23(14-19)36-16-35-22/h4-9,14,17,21H,10-13,15-16H2,1-3H3,(H,28,31)/t21-/m0/s1. The summed E-state index contributed by atoms with van der Waals surface area (Å²) in [5.74, 6) is 1.12. The van der Waals surface area contributed by atoms with Crippen LogP contribution in [0.2, 0.25) is 0 Å². The molecule has 2 aromatic carbocycles. The Bertz CT molecular complexity index is 1190. The molecule has 0 aliphatic carbocycles. The van der Waals surface area contributed by atoms with Gasteiger partial charge < -0.3 is 29.2 Å². The number of piperidine rings is 1. The smallest absolute Gasteiger partial charge is 0.256 e. The summed E-state index contributed by atoms with van der Waals surface area (Å²) in [6.07, 6.45) is 0.771. The number of likely N-dealkylation sites (tertiary alicyclic amines) is 1. The number of carbonyl (C=O) groups excluding carboxylic acids is 3. The third-order valence-corrected chi connectivity index (χ3v) is 7.00. The van der Waals surface area contributed by atoms with E-state index < -0.39 is 11.8 Å². The van der Waals surface area contributed by atoms with Crippen LogP contribution in [0.15, 0.2) is 42.5 Å². The zero-order valence-corrected chi connectivity index (χ0v) is 21.2. The summed E-state index contributed by atoms with van der Waals surface area (Å²) in [6, 6.07) is 11.1. The lowest BCUT2D eigenvalue weighted by molar-refractivity contribution is -0.128. The zero-order valence-electron chi connectivity index (χ0n) is 21.2. The van der Waals surface area contributed by atoms with Crippen molar-refractivity contribution in [2.45, 2.75) is 44.5 Å². The minimum Gasteiger partial charge on any atom is -0.497 e. The Hall–Kier alpha value is -3.79. The molecule has 3 aliphatic rings. The Labute approximate surface area is 215 Å². The molecule has 2 fully saturated rings. The number of hydrogen-bond acceptors (Lipinski definition) is 7. The molecule has 10 nitrogen and oxygen atoms in total. The molecule has 3 amide bonds. The van der Waals surface area contributed by atoms with Gasteiger partial charge in [-0.15, -0.1) is 0 Å². The number of ether oxygens (including phenoxy) is 4. The van der Waals surface area contributed by atoms with Gasteiger partial charge in [0.05, 0.1) is 13.7 Å². The van der Waals surface area contributed by atoms with E-state index >= 15 is 0 Å². The average Bonchev–Trinajstić information content (AvgIpc) is 3.52. The van der Waals surface area contributed by atoms with Crippen LogP contribution in [0.5, 0.6) is 17.2 Å². The number of amides is 3. The number of nitrogens with one attached hydrogen (secondary N) is 1. The molecule has 3 heterocycles. The summed E-state index contributed by atoms with van der Waals surface area (Å²) in [6.45, 7) is 4.73. The van der Waals surface area contributed by atoms with Gasteiger partial charge in [-0.05, 0) is 56.3 Å². The predicted octanol–water partition coefficient (Wildman–Crippen LogP) is 2.42. The first-order chi connectivity index (χ1) is 17.8. The van der Waals surface area contributed by atoms with Crippen LogP contribution in [0.4, 0.5) is 0 Å². The van der Waals surface area contributed by atoms with E-state index in [1.54, 1.807) is 59.4 Å². The van der Waals surface area contributed by atoms with Gasteiger partial charge in [0.2, 0.25) is 12.7 Å². The summed E-state index contributed by atoms with van der Waals surface area (Å²) in [5.41, 5.74) is -0.0402. The van der Waals surface area contributed by atoms with E-state index in [0.717, 1.165) is 0 Å². The molecule has 0 unspecified atom stereocenters. The third kappa shape index (κ3) is 4.69. The van der Waals surface area contributed by atoms with Crippen LogP contribution in [0, 0.1) is 0 Å². The highest BCUT2D eigenvalue weighted by Gasteiger charge is 2.54. The summed E-state index contributed by atoms with van der Waals surface area (Å²) in [7, 11) is 1.56. The van der Waals surface area contributed by atoms with Gasteiger partial charge in [-0.1, -0.05) is 0 Å². The normalized spacial score (nSPS) is 19.8. The molecular weight excluding hydrogens is 478 g/mol. The fourth-order valence-corrected chi connectivity index (χ4v) is 5.09. The Kier molecular flexibility index (Phi) is 6.68. The van der Waals surface area contributed by atoms with Gasteiger partial charge in [-0.2, -0.15) is 0 Å². The molecule has 1 N–H and O–H groups in total. The van der Waals surface area contributed by atoms with Crippen LogP contribution >= 0.6 is 0 Å². The summed E-state index contributed by atoms with van der Waals surface area (Å²) in [5, 5.41) is 2.91. The van der Waals surface area contributed by atoms with Crippen LogP contribution in [0.1, 0.15) is 47.4 Å². The minimum absolute atomic E-state index is 0.0804. The molecule has 2 aromatic rings. The Morgan fingerprint density at radius 2 is 1.65 bits per heavy atom. The summed E-state index contributed by atoms with van der Waals surface area (Å²) >= 11 is 0. The van der Waals surface area contributed by atoms with E-state index in [1.165, 1.54) is 0 Å². The first-order valence-electron chi connectivity index (χ1n) is 12.4. The molecule has 196 valence electrons. The van der Waals surface area contributed by atoms with Gasteiger partial charge in [-0.25, -0.2) is 0 Å². The number of benzene rings is 2. The first kappa shape index (κ1) is 24.9. The number of carbonyl (C=O) groups is 3. The molecule has 10 heteroatoms. The van der Waals surface area contributed by atoms with E-state index in [0.29, 0.717) is 54.3 Å². The Morgan fingerprint density at radius 3 is 2.32 bits per heavy atom. The van der Waals surface area contributed by atoms with Crippen LogP contribution in [-0.4, -0.2) is 78.9 Å². The van der Waals surface area contributed by atoms with Crippen molar-refractivity contribution in [2.24, 2.45) is 0 Å². The van der Waals surface area contributed by atoms with E-state index in [2.05, 4.69) is 5.32 Å². The monoisotopic (exact) mass is 509 g/mol. The molecule has 1 atom stereocenters. The molecule has 0 aromatic heterocycles. The lowest BCUT2D eigenvalue weighted by atomic mass is 9.96. The molecule has 5 rings (SSSR count).